The normalized spacial score (nSPS) is 15.3. The topological polar surface area (TPSA) is 99.2 Å². The van der Waals surface area contributed by atoms with Crippen LogP contribution in [0.3, 0.4) is 0 Å². The van der Waals surface area contributed by atoms with Crippen LogP contribution in [0.15, 0.2) is 48.5 Å². The lowest BCUT2D eigenvalue weighted by Gasteiger charge is -2.26. The van der Waals surface area contributed by atoms with Crippen molar-refractivity contribution in [3.05, 3.63) is 71.4 Å². The highest BCUT2D eigenvalue weighted by atomic mass is 19.1. The molecule has 3 N–H and O–H groups in total. The number of fused-ring (bicyclic) bond motifs is 1. The predicted octanol–water partition coefficient (Wildman–Crippen LogP) is 4.49. The van der Waals surface area contributed by atoms with Crippen molar-refractivity contribution in [1.82, 2.24) is 25.1 Å². The molecule has 1 atom stereocenters. The van der Waals surface area contributed by atoms with Gasteiger partial charge in [0, 0.05) is 29.8 Å². The van der Waals surface area contributed by atoms with Crippen LogP contribution in [0.2, 0.25) is 0 Å². The Morgan fingerprint density at radius 3 is 2.63 bits per heavy atom. The zero-order valence-corrected chi connectivity index (χ0v) is 19.7. The standard InChI is InChI=1S/C26H29FN6O2/c1-17-15-23(32-31-17)29-25-21-10-9-20(35-14-13-33-11-3-2-4-12-33)16-22(21)28-26(30-25)24(34)18-5-7-19(27)8-6-18/h5-10,15-16,24,34H,2-4,11-14H2,1H3,(H2,28,29,30,31,32). The predicted molar refractivity (Wildman–Crippen MR) is 132 cm³/mol. The van der Waals surface area contributed by atoms with Crippen molar-refractivity contribution in [2.45, 2.75) is 32.3 Å². The molecule has 0 bridgehead atoms. The number of anilines is 2. The van der Waals surface area contributed by atoms with Crippen molar-refractivity contribution >= 4 is 22.5 Å². The van der Waals surface area contributed by atoms with E-state index >= 15 is 0 Å². The number of benzene rings is 2. The van der Waals surface area contributed by atoms with Gasteiger partial charge < -0.3 is 15.2 Å². The van der Waals surface area contributed by atoms with Gasteiger partial charge in [-0.1, -0.05) is 18.6 Å². The van der Waals surface area contributed by atoms with Crippen LogP contribution >= 0.6 is 0 Å². The minimum atomic E-state index is -1.12. The largest absolute Gasteiger partial charge is 0.492 e. The molecule has 2 aromatic heterocycles. The zero-order chi connectivity index (χ0) is 24.2. The van der Waals surface area contributed by atoms with Crippen molar-refractivity contribution in [2.75, 3.05) is 31.6 Å². The van der Waals surface area contributed by atoms with Crippen LogP contribution < -0.4 is 10.1 Å². The van der Waals surface area contributed by atoms with Crippen molar-refractivity contribution in [1.29, 1.82) is 0 Å². The molecule has 0 amide bonds. The molecule has 0 aliphatic carbocycles. The molecule has 1 aliphatic heterocycles. The fraction of sp³-hybridized carbons (Fsp3) is 0.346. The first-order valence-corrected chi connectivity index (χ1v) is 11.9. The van der Waals surface area contributed by atoms with Crippen LogP contribution in [0, 0.1) is 12.7 Å². The van der Waals surface area contributed by atoms with Gasteiger partial charge in [-0.15, -0.1) is 0 Å². The van der Waals surface area contributed by atoms with E-state index in [9.17, 15) is 9.50 Å². The van der Waals surface area contributed by atoms with E-state index in [1.54, 1.807) is 0 Å². The second-order valence-electron chi connectivity index (χ2n) is 8.88. The molecular weight excluding hydrogens is 447 g/mol. The Kier molecular flexibility index (Phi) is 6.87. The Hall–Kier alpha value is -3.56. The van der Waals surface area contributed by atoms with Crippen LogP contribution in [-0.2, 0) is 0 Å². The van der Waals surface area contributed by atoms with E-state index in [-0.39, 0.29) is 11.6 Å². The second kappa shape index (κ2) is 10.4. The van der Waals surface area contributed by atoms with Gasteiger partial charge in [0.05, 0.1) is 5.52 Å². The molecule has 35 heavy (non-hydrogen) atoms. The molecule has 1 saturated heterocycles. The molecule has 1 aliphatic rings. The number of aromatic nitrogens is 4. The monoisotopic (exact) mass is 476 g/mol. The van der Waals surface area contributed by atoms with Crippen LogP contribution in [0.1, 0.15) is 42.4 Å². The highest BCUT2D eigenvalue weighted by molar-refractivity contribution is 5.91. The van der Waals surface area contributed by atoms with Crippen LogP contribution in [0.4, 0.5) is 16.0 Å². The highest BCUT2D eigenvalue weighted by Gasteiger charge is 2.18. The first-order valence-electron chi connectivity index (χ1n) is 11.9. The maximum atomic E-state index is 13.4. The summed E-state index contributed by atoms with van der Waals surface area (Å²) in [5, 5.41) is 22.1. The Balaban J connectivity index is 1.43. The average Bonchev–Trinajstić information content (AvgIpc) is 3.29. The van der Waals surface area contributed by atoms with Gasteiger partial charge in [0.1, 0.15) is 30.1 Å². The summed E-state index contributed by atoms with van der Waals surface area (Å²) in [6, 6.07) is 13.2. The van der Waals surface area contributed by atoms with E-state index in [4.69, 9.17) is 4.74 Å². The van der Waals surface area contributed by atoms with Gasteiger partial charge in [-0.05, 0) is 62.7 Å². The quantitative estimate of drug-likeness (QED) is 0.345. The summed E-state index contributed by atoms with van der Waals surface area (Å²) in [7, 11) is 0. The number of aliphatic hydroxyl groups excluding tert-OH is 1. The van der Waals surface area contributed by atoms with E-state index in [1.807, 2.05) is 31.2 Å². The number of nitrogens with zero attached hydrogens (tertiary/aromatic N) is 4. The Bertz CT molecular complexity index is 1290. The number of hydrogen-bond donors (Lipinski definition) is 3. The number of piperidine rings is 1. The average molecular weight is 477 g/mol. The summed E-state index contributed by atoms with van der Waals surface area (Å²) in [5.74, 6) is 1.65. The lowest BCUT2D eigenvalue weighted by molar-refractivity contribution is 0.183. The second-order valence-corrected chi connectivity index (χ2v) is 8.88. The van der Waals surface area contributed by atoms with Gasteiger partial charge in [-0.2, -0.15) is 5.10 Å². The molecule has 182 valence electrons. The fourth-order valence-electron chi connectivity index (χ4n) is 4.31. The van der Waals surface area contributed by atoms with E-state index in [2.05, 4.69) is 30.4 Å². The molecule has 5 rings (SSSR count). The third-order valence-electron chi connectivity index (χ3n) is 6.19. The van der Waals surface area contributed by atoms with E-state index in [0.717, 1.165) is 30.7 Å². The van der Waals surface area contributed by atoms with Gasteiger partial charge in [-0.25, -0.2) is 14.4 Å². The van der Waals surface area contributed by atoms with Crippen LogP contribution in [-0.4, -0.2) is 56.4 Å². The summed E-state index contributed by atoms with van der Waals surface area (Å²) in [5.41, 5.74) is 2.03. The number of aryl methyl sites for hydroxylation is 1. The molecule has 0 saturated carbocycles. The Labute approximate surface area is 203 Å². The first-order chi connectivity index (χ1) is 17.0. The third kappa shape index (κ3) is 5.58. The molecule has 9 heteroatoms. The summed E-state index contributed by atoms with van der Waals surface area (Å²) < 4.78 is 19.4. The highest BCUT2D eigenvalue weighted by Crippen LogP contribution is 2.30. The zero-order valence-electron chi connectivity index (χ0n) is 19.7. The molecule has 0 radical (unpaired) electrons. The first kappa shape index (κ1) is 23.2. The Morgan fingerprint density at radius 1 is 1.09 bits per heavy atom. The SMILES string of the molecule is Cc1cc(Nc2nc(C(O)c3ccc(F)cc3)nc3cc(OCCN4CCCCC4)ccc23)n[nH]1. The molecule has 3 heterocycles. The summed E-state index contributed by atoms with van der Waals surface area (Å²) in [6.45, 7) is 5.65. The van der Waals surface area contributed by atoms with Gasteiger partial charge in [-0.3, -0.25) is 10.00 Å². The van der Waals surface area contributed by atoms with Gasteiger partial charge in [0.2, 0.25) is 0 Å². The van der Waals surface area contributed by atoms with Gasteiger partial charge in [0.15, 0.2) is 11.6 Å². The minimum absolute atomic E-state index is 0.198. The minimum Gasteiger partial charge on any atom is -0.492 e. The van der Waals surface area contributed by atoms with Gasteiger partial charge in [0.25, 0.3) is 0 Å². The van der Waals surface area contributed by atoms with Crippen molar-refractivity contribution in [3.8, 4) is 5.75 Å². The number of nitrogens with one attached hydrogen (secondary N) is 2. The van der Waals surface area contributed by atoms with Crippen LogP contribution in [0.5, 0.6) is 5.75 Å². The smallest absolute Gasteiger partial charge is 0.164 e. The number of aliphatic hydroxyl groups is 1. The summed E-state index contributed by atoms with van der Waals surface area (Å²) >= 11 is 0. The van der Waals surface area contributed by atoms with Crippen LogP contribution in [0.25, 0.3) is 10.9 Å². The number of ether oxygens (including phenoxy) is 1. The molecule has 4 aromatic rings. The molecular formula is C26H29FN6O2. The molecule has 1 unspecified atom stereocenters. The lowest BCUT2D eigenvalue weighted by atomic mass is 10.1. The molecule has 2 aromatic carbocycles. The summed E-state index contributed by atoms with van der Waals surface area (Å²) in [6.07, 6.45) is 2.68. The number of H-pyrrole nitrogens is 1. The molecule has 8 nitrogen and oxygen atoms in total. The lowest BCUT2D eigenvalue weighted by Crippen LogP contribution is -2.33. The molecule has 0 spiro atoms. The van der Waals surface area contributed by atoms with Crippen molar-refractivity contribution < 1.29 is 14.2 Å². The maximum absolute atomic E-state index is 13.4. The molecule has 1 fully saturated rings. The number of hydrogen-bond acceptors (Lipinski definition) is 7. The van der Waals surface area contributed by atoms with E-state index < -0.39 is 6.10 Å². The van der Waals surface area contributed by atoms with Crippen molar-refractivity contribution in [3.63, 3.8) is 0 Å². The summed E-state index contributed by atoms with van der Waals surface area (Å²) in [4.78, 5) is 11.6. The maximum Gasteiger partial charge on any atom is 0.164 e. The Morgan fingerprint density at radius 2 is 1.89 bits per heavy atom. The van der Waals surface area contributed by atoms with E-state index in [0.29, 0.717) is 35.1 Å². The number of rotatable bonds is 8. The fourth-order valence-corrected chi connectivity index (χ4v) is 4.31. The van der Waals surface area contributed by atoms with Gasteiger partial charge >= 0.3 is 0 Å². The van der Waals surface area contributed by atoms with Crippen molar-refractivity contribution in [2.24, 2.45) is 0 Å². The third-order valence-corrected chi connectivity index (χ3v) is 6.19. The van der Waals surface area contributed by atoms with E-state index in [1.165, 1.54) is 43.5 Å². The number of aromatic amines is 1. The number of halogens is 1. The number of likely N-dealkylation sites (tertiary alicyclic amines) is 1.